The summed E-state index contributed by atoms with van der Waals surface area (Å²) >= 11 is 0. The number of esters is 1. The monoisotopic (exact) mass is 320 g/mol. The second kappa shape index (κ2) is 8.09. The predicted molar refractivity (Wildman–Crippen MR) is 84.6 cm³/mol. The van der Waals surface area contributed by atoms with E-state index in [1.54, 1.807) is 6.92 Å². The molecule has 0 aromatic rings. The molecule has 0 heterocycles. The van der Waals surface area contributed by atoms with Gasteiger partial charge in [0.05, 0.1) is 6.61 Å². The van der Waals surface area contributed by atoms with Crippen molar-refractivity contribution >= 4 is 24.0 Å². The molecule has 0 aliphatic heterocycles. The van der Waals surface area contributed by atoms with Crippen molar-refractivity contribution in [3.8, 4) is 0 Å². The first-order valence-corrected chi connectivity index (χ1v) is 11.6. The fourth-order valence-corrected chi connectivity index (χ4v) is 5.40. The van der Waals surface area contributed by atoms with E-state index in [1.807, 2.05) is 26.6 Å². The van der Waals surface area contributed by atoms with Crippen molar-refractivity contribution < 1.29 is 23.9 Å². The van der Waals surface area contributed by atoms with Crippen LogP contribution in [-0.2, 0) is 13.6 Å². The van der Waals surface area contributed by atoms with E-state index in [0.717, 1.165) is 6.42 Å². The molecule has 0 saturated carbocycles. The van der Waals surface area contributed by atoms with Crippen LogP contribution in [0.25, 0.3) is 0 Å². The summed E-state index contributed by atoms with van der Waals surface area (Å²) in [6, 6.07) is 0. The van der Waals surface area contributed by atoms with E-state index >= 15 is 0 Å². The predicted octanol–water partition coefficient (Wildman–Crippen LogP) is 0.891. The molecule has 0 rings (SSSR count). The van der Waals surface area contributed by atoms with Crippen molar-refractivity contribution in [3.63, 3.8) is 0 Å². The molecule has 7 heteroatoms. The molecule has 0 amide bonds. The molecule has 0 aliphatic carbocycles. The summed E-state index contributed by atoms with van der Waals surface area (Å²) in [5.41, 5.74) is 0.276. The van der Waals surface area contributed by atoms with Crippen LogP contribution >= 0.6 is 0 Å². The molecule has 2 N–H and O–H groups in total. The summed E-state index contributed by atoms with van der Waals surface area (Å²) in [4.78, 5) is 11.8. The van der Waals surface area contributed by atoms with Crippen LogP contribution < -0.4 is 0 Å². The quantitative estimate of drug-likeness (QED) is 0.375. The number of aliphatic hydroxyl groups excluding tert-OH is 2. The molecule has 5 nitrogen and oxygen atoms in total. The van der Waals surface area contributed by atoms with Crippen LogP contribution in [0.5, 0.6) is 0 Å². The van der Waals surface area contributed by atoms with Gasteiger partial charge in [0.1, 0.15) is 11.3 Å². The summed E-state index contributed by atoms with van der Waals surface area (Å²) in [7, 11) is -3.14. The van der Waals surface area contributed by atoms with Crippen LogP contribution in [0.2, 0.25) is 19.6 Å². The van der Waals surface area contributed by atoms with Gasteiger partial charge in [0.2, 0.25) is 0 Å². The van der Waals surface area contributed by atoms with Gasteiger partial charge in [-0.05, 0) is 33.0 Å². The van der Waals surface area contributed by atoms with E-state index < -0.39 is 42.0 Å². The van der Waals surface area contributed by atoms with Crippen LogP contribution in [-0.4, -0.2) is 52.2 Å². The molecule has 0 radical (unpaired) electrons. The Labute approximate surface area is 125 Å². The molecule has 2 atom stereocenters. The Kier molecular flexibility index (Phi) is 7.89. The van der Waals surface area contributed by atoms with Gasteiger partial charge in [-0.2, -0.15) is 0 Å². The lowest BCUT2D eigenvalue weighted by molar-refractivity contribution is -0.160. The maximum Gasteiger partial charge on any atom is 0.333 e. The van der Waals surface area contributed by atoms with Gasteiger partial charge in [-0.25, -0.2) is 4.79 Å². The standard InChI is InChI=1S/C13H28O5Si2/c1-7-8-13(11(15)9-14,17-12(16)10(2)3)19-18-20(4,5)6/h11,14-15H,2,7-9,19H2,1,3-6H3. The molecule has 0 fully saturated rings. The summed E-state index contributed by atoms with van der Waals surface area (Å²) in [6.45, 7) is 12.7. The molecule has 0 spiro atoms. The molecule has 0 aromatic carbocycles. The van der Waals surface area contributed by atoms with E-state index in [2.05, 4.69) is 6.58 Å². The Balaban J connectivity index is 5.23. The van der Waals surface area contributed by atoms with E-state index in [0.29, 0.717) is 6.42 Å². The average molecular weight is 321 g/mol. The third kappa shape index (κ3) is 6.32. The number of carbonyl (C=O) groups excluding carboxylic acids is 1. The topological polar surface area (TPSA) is 76.0 Å². The van der Waals surface area contributed by atoms with E-state index in [4.69, 9.17) is 8.85 Å². The highest BCUT2D eigenvalue weighted by Crippen LogP contribution is 2.25. The number of hydrogen-bond acceptors (Lipinski definition) is 5. The Morgan fingerprint density at radius 3 is 2.35 bits per heavy atom. The highest BCUT2D eigenvalue weighted by Gasteiger charge is 2.43. The molecular formula is C13H28O5Si2. The number of carbonyl (C=O) groups is 1. The van der Waals surface area contributed by atoms with E-state index in [9.17, 15) is 15.0 Å². The number of hydrogen-bond donors (Lipinski definition) is 2. The van der Waals surface area contributed by atoms with Gasteiger partial charge >= 0.3 is 5.97 Å². The van der Waals surface area contributed by atoms with Gasteiger partial charge in [0.15, 0.2) is 18.1 Å². The van der Waals surface area contributed by atoms with Crippen LogP contribution in [0, 0.1) is 0 Å². The normalized spacial score (nSPS) is 16.9. The SMILES string of the molecule is C=C(C)C(=O)OC(CCC)([SiH2]O[Si](C)(C)C)C(O)CO. The summed E-state index contributed by atoms with van der Waals surface area (Å²) in [5.74, 6) is -0.544. The first kappa shape index (κ1) is 19.5. The van der Waals surface area contributed by atoms with Crippen LogP contribution in [0.4, 0.5) is 0 Å². The largest absolute Gasteiger partial charge is 0.457 e. The molecule has 0 bridgehead atoms. The Morgan fingerprint density at radius 1 is 1.45 bits per heavy atom. The van der Waals surface area contributed by atoms with Gasteiger partial charge in [-0.15, -0.1) is 0 Å². The van der Waals surface area contributed by atoms with Crippen LogP contribution in [0.15, 0.2) is 12.2 Å². The van der Waals surface area contributed by atoms with E-state index in [1.165, 1.54) is 0 Å². The highest BCUT2D eigenvalue weighted by molar-refractivity contribution is 6.74. The first-order valence-electron chi connectivity index (χ1n) is 6.89. The lowest BCUT2D eigenvalue weighted by atomic mass is 10.1. The summed E-state index contributed by atoms with van der Waals surface area (Å²) in [6.07, 6.45) is 0.0845. The molecule has 0 saturated heterocycles. The third-order valence-electron chi connectivity index (χ3n) is 2.85. The molecule has 2 unspecified atom stereocenters. The van der Waals surface area contributed by atoms with Crippen molar-refractivity contribution in [2.24, 2.45) is 0 Å². The average Bonchev–Trinajstić information content (AvgIpc) is 2.34. The van der Waals surface area contributed by atoms with Crippen molar-refractivity contribution in [2.45, 2.75) is 57.7 Å². The fourth-order valence-electron chi connectivity index (χ4n) is 1.68. The molecule has 0 aliphatic rings. The van der Waals surface area contributed by atoms with E-state index in [-0.39, 0.29) is 5.57 Å². The first-order chi connectivity index (χ1) is 9.08. The van der Waals surface area contributed by atoms with Crippen molar-refractivity contribution in [2.75, 3.05) is 6.61 Å². The summed E-state index contributed by atoms with van der Waals surface area (Å²) in [5, 5.41) is 18.3. The third-order valence-corrected chi connectivity index (χ3v) is 8.35. The van der Waals surface area contributed by atoms with Gasteiger partial charge < -0.3 is 19.1 Å². The van der Waals surface area contributed by atoms with Gasteiger partial charge in [-0.3, -0.25) is 0 Å². The molecule has 0 aromatic heterocycles. The van der Waals surface area contributed by atoms with Crippen molar-refractivity contribution in [1.82, 2.24) is 0 Å². The molecular weight excluding hydrogens is 292 g/mol. The van der Waals surface area contributed by atoms with Gasteiger partial charge in [0.25, 0.3) is 0 Å². The lowest BCUT2D eigenvalue weighted by Crippen LogP contribution is -2.55. The molecule has 118 valence electrons. The second-order valence-corrected chi connectivity index (χ2v) is 12.9. The van der Waals surface area contributed by atoms with Crippen LogP contribution in [0.1, 0.15) is 26.7 Å². The van der Waals surface area contributed by atoms with Crippen LogP contribution in [0.3, 0.4) is 0 Å². The minimum absolute atomic E-state index is 0.276. The summed E-state index contributed by atoms with van der Waals surface area (Å²) < 4.78 is 11.4. The Hall–Kier alpha value is -0.476. The Bertz CT molecular complexity index is 340. The maximum atomic E-state index is 11.8. The minimum atomic E-state index is -1.78. The number of ether oxygens (including phenoxy) is 1. The zero-order valence-electron chi connectivity index (χ0n) is 13.2. The second-order valence-electron chi connectivity index (χ2n) is 6.08. The Morgan fingerprint density at radius 2 is 2.00 bits per heavy atom. The lowest BCUT2D eigenvalue weighted by Gasteiger charge is -2.38. The van der Waals surface area contributed by atoms with Gasteiger partial charge in [-0.1, -0.05) is 19.9 Å². The van der Waals surface area contributed by atoms with Gasteiger partial charge in [0, 0.05) is 5.57 Å². The smallest absolute Gasteiger partial charge is 0.333 e. The minimum Gasteiger partial charge on any atom is -0.457 e. The highest BCUT2D eigenvalue weighted by atomic mass is 28.4. The number of rotatable bonds is 9. The van der Waals surface area contributed by atoms with Crippen molar-refractivity contribution in [1.29, 1.82) is 0 Å². The number of aliphatic hydroxyl groups is 2. The zero-order valence-corrected chi connectivity index (χ0v) is 15.6. The fraction of sp³-hybridized carbons (Fsp3) is 0.769. The molecule has 20 heavy (non-hydrogen) atoms. The van der Waals surface area contributed by atoms with Crippen molar-refractivity contribution in [3.05, 3.63) is 12.2 Å². The zero-order chi connectivity index (χ0) is 16.0. The maximum absolute atomic E-state index is 11.8.